The number of carbonyl (C=O) groups excluding carboxylic acids is 1. The topological polar surface area (TPSA) is 54.5 Å². The summed E-state index contributed by atoms with van der Waals surface area (Å²) in [4.78, 5) is 13.4. The van der Waals surface area contributed by atoms with Gasteiger partial charge in [0.15, 0.2) is 0 Å². The van der Waals surface area contributed by atoms with Crippen LogP contribution in [0.3, 0.4) is 0 Å². The Labute approximate surface area is 180 Å². The molecule has 3 fully saturated rings. The van der Waals surface area contributed by atoms with Gasteiger partial charge in [-0.05, 0) is 60.6 Å². The summed E-state index contributed by atoms with van der Waals surface area (Å²) in [5.41, 5.74) is 0.791. The number of benzene rings is 1. The Morgan fingerprint density at radius 1 is 1.28 bits per heavy atom. The Morgan fingerprint density at radius 2 is 1.97 bits per heavy atom. The van der Waals surface area contributed by atoms with Gasteiger partial charge in [-0.15, -0.1) is 0 Å². The first-order valence-corrected chi connectivity index (χ1v) is 12.9. The lowest BCUT2D eigenvalue weighted by atomic mass is 9.69. The number of rotatable bonds is 6. The first-order chi connectivity index (χ1) is 13.6. The fraction of sp³-hybridized carbons (Fsp3) is 0.696. The van der Waals surface area contributed by atoms with Gasteiger partial charge in [0.25, 0.3) is 0 Å². The third-order valence-electron chi connectivity index (χ3n) is 8.33. The number of amides is 1. The monoisotopic (exact) mass is 437 g/mol. The van der Waals surface area contributed by atoms with Crippen molar-refractivity contribution < 1.29 is 13.2 Å². The van der Waals surface area contributed by atoms with Gasteiger partial charge in [-0.2, -0.15) is 0 Å². The summed E-state index contributed by atoms with van der Waals surface area (Å²) in [5.74, 6) is 0.468. The minimum atomic E-state index is -3.55. The third-order valence-corrected chi connectivity index (χ3v) is 10.5. The SMILES string of the molecule is CCCC[C@H](CC(=O)N1[C@@H]2C[C@H]3CC[C@]2(CS1(=O)=O)C3(C)C)c1ccc(Cl)cc1. The summed E-state index contributed by atoms with van der Waals surface area (Å²) in [5, 5.41) is 0.669. The molecule has 2 aliphatic carbocycles. The summed E-state index contributed by atoms with van der Waals surface area (Å²) in [7, 11) is -3.55. The van der Waals surface area contributed by atoms with Crippen LogP contribution >= 0.6 is 11.6 Å². The molecular weight excluding hydrogens is 406 g/mol. The van der Waals surface area contributed by atoms with Crippen LogP contribution in [0.15, 0.2) is 24.3 Å². The van der Waals surface area contributed by atoms with Crippen molar-refractivity contribution in [3.63, 3.8) is 0 Å². The van der Waals surface area contributed by atoms with E-state index < -0.39 is 10.0 Å². The molecule has 0 N–H and O–H groups in total. The van der Waals surface area contributed by atoms with Crippen LogP contribution in [0, 0.1) is 16.7 Å². The Morgan fingerprint density at radius 3 is 2.59 bits per heavy atom. The Kier molecular flexibility index (Phi) is 5.30. The fourth-order valence-corrected chi connectivity index (χ4v) is 9.18. The van der Waals surface area contributed by atoms with E-state index in [1.807, 2.05) is 24.3 Å². The molecule has 1 aliphatic heterocycles. The fourth-order valence-electron chi connectivity index (χ4n) is 6.49. The van der Waals surface area contributed by atoms with Gasteiger partial charge in [0, 0.05) is 16.9 Å². The molecule has 4 nitrogen and oxygen atoms in total. The van der Waals surface area contributed by atoms with Gasteiger partial charge in [0.05, 0.1) is 11.8 Å². The maximum Gasteiger partial charge on any atom is 0.238 e. The highest BCUT2D eigenvalue weighted by Gasteiger charge is 2.72. The van der Waals surface area contributed by atoms with Gasteiger partial charge in [-0.25, -0.2) is 12.7 Å². The van der Waals surface area contributed by atoms with Gasteiger partial charge >= 0.3 is 0 Å². The summed E-state index contributed by atoms with van der Waals surface area (Å²) in [6, 6.07) is 7.49. The quantitative estimate of drug-likeness (QED) is 0.601. The standard InChI is InChI=1S/C23H32ClNO3S/c1-4-5-6-17(16-7-9-19(24)10-8-16)13-21(26)25-20-14-18-11-12-23(20,22(18,2)3)15-29(25,27)28/h7-10,17-18,20H,4-6,11-15H2,1-3H3/t17-,18-,20-,23-/m1/s1. The van der Waals surface area contributed by atoms with Crippen molar-refractivity contribution in [2.45, 2.75) is 77.7 Å². The summed E-state index contributed by atoms with van der Waals surface area (Å²) < 4.78 is 27.6. The second-order valence-electron chi connectivity index (χ2n) is 9.91. The molecule has 1 saturated heterocycles. The number of fused-ring (bicyclic) bond motifs is 1. The molecule has 0 aromatic heterocycles. The highest BCUT2D eigenvalue weighted by Crippen LogP contribution is 2.70. The number of unbranched alkanes of at least 4 members (excludes halogenated alkanes) is 1. The van der Waals surface area contributed by atoms with E-state index >= 15 is 0 Å². The molecule has 1 heterocycles. The molecule has 160 valence electrons. The molecule has 1 aromatic carbocycles. The minimum Gasteiger partial charge on any atom is -0.274 e. The van der Waals surface area contributed by atoms with Crippen LogP contribution in [0.5, 0.6) is 0 Å². The molecule has 6 heteroatoms. The summed E-state index contributed by atoms with van der Waals surface area (Å²) >= 11 is 6.04. The van der Waals surface area contributed by atoms with Gasteiger partial charge in [-0.1, -0.05) is 57.3 Å². The second kappa shape index (κ2) is 7.26. The minimum absolute atomic E-state index is 0.0163. The molecule has 29 heavy (non-hydrogen) atoms. The van der Waals surface area contributed by atoms with Crippen molar-refractivity contribution in [1.29, 1.82) is 0 Å². The lowest BCUT2D eigenvalue weighted by Gasteiger charge is -2.37. The van der Waals surface area contributed by atoms with Crippen molar-refractivity contribution in [2.24, 2.45) is 16.7 Å². The van der Waals surface area contributed by atoms with Gasteiger partial charge in [0.2, 0.25) is 15.9 Å². The molecule has 0 radical (unpaired) electrons. The van der Waals surface area contributed by atoms with Crippen LogP contribution in [0.4, 0.5) is 0 Å². The zero-order chi connectivity index (χ0) is 21.0. The van der Waals surface area contributed by atoms with E-state index in [1.54, 1.807) is 0 Å². The molecule has 0 unspecified atom stereocenters. The highest BCUT2D eigenvalue weighted by molar-refractivity contribution is 7.90. The molecule has 3 aliphatic rings. The van der Waals surface area contributed by atoms with E-state index in [0.717, 1.165) is 44.1 Å². The van der Waals surface area contributed by atoms with Crippen molar-refractivity contribution in [2.75, 3.05) is 5.75 Å². The Hall–Kier alpha value is -1.07. The van der Waals surface area contributed by atoms with Crippen LogP contribution in [0.25, 0.3) is 0 Å². The summed E-state index contributed by atoms with van der Waals surface area (Å²) in [6.07, 6.45) is 6.02. The van der Waals surface area contributed by atoms with Crippen LogP contribution in [-0.2, 0) is 14.8 Å². The van der Waals surface area contributed by atoms with Gasteiger partial charge < -0.3 is 0 Å². The Balaban J connectivity index is 1.60. The van der Waals surface area contributed by atoms with Crippen molar-refractivity contribution >= 4 is 27.5 Å². The molecule has 1 spiro atoms. The number of halogens is 1. The predicted molar refractivity (Wildman–Crippen MR) is 116 cm³/mol. The van der Waals surface area contributed by atoms with Crippen molar-refractivity contribution in [1.82, 2.24) is 4.31 Å². The molecule has 2 saturated carbocycles. The number of carbonyl (C=O) groups is 1. The molecule has 1 amide bonds. The van der Waals surface area contributed by atoms with Crippen LogP contribution in [0.2, 0.25) is 5.02 Å². The zero-order valence-electron chi connectivity index (χ0n) is 17.7. The van der Waals surface area contributed by atoms with Crippen molar-refractivity contribution in [3.05, 3.63) is 34.9 Å². The number of hydrogen-bond acceptors (Lipinski definition) is 3. The first kappa shape index (κ1) is 21.2. The highest BCUT2D eigenvalue weighted by atomic mass is 35.5. The number of hydrogen-bond donors (Lipinski definition) is 0. The van der Waals surface area contributed by atoms with Crippen molar-refractivity contribution in [3.8, 4) is 0 Å². The van der Waals surface area contributed by atoms with E-state index in [0.29, 0.717) is 10.9 Å². The van der Waals surface area contributed by atoms with Crippen LogP contribution in [-0.4, -0.2) is 30.4 Å². The average molecular weight is 438 g/mol. The molecule has 4 atom stereocenters. The average Bonchev–Trinajstić information content (AvgIpc) is 3.13. The van der Waals surface area contributed by atoms with E-state index in [4.69, 9.17) is 11.6 Å². The third kappa shape index (κ3) is 3.23. The number of sulfonamides is 1. The van der Waals surface area contributed by atoms with E-state index in [2.05, 4.69) is 20.8 Å². The van der Waals surface area contributed by atoms with Crippen LogP contribution < -0.4 is 0 Å². The lowest BCUT2D eigenvalue weighted by molar-refractivity contribution is -0.129. The van der Waals surface area contributed by atoms with Gasteiger partial charge in [0.1, 0.15) is 0 Å². The lowest BCUT2D eigenvalue weighted by Crippen LogP contribution is -2.44. The van der Waals surface area contributed by atoms with Crippen LogP contribution in [0.1, 0.15) is 77.2 Å². The maximum atomic E-state index is 13.4. The normalized spacial score (nSPS) is 32.3. The molecular formula is C23H32ClNO3S. The first-order valence-electron chi connectivity index (χ1n) is 10.9. The molecule has 2 bridgehead atoms. The smallest absolute Gasteiger partial charge is 0.238 e. The zero-order valence-corrected chi connectivity index (χ0v) is 19.2. The molecule has 1 aromatic rings. The molecule has 4 rings (SSSR count). The van der Waals surface area contributed by atoms with E-state index in [-0.39, 0.29) is 40.9 Å². The Bertz CT molecular complexity index is 895. The largest absolute Gasteiger partial charge is 0.274 e. The van der Waals surface area contributed by atoms with Gasteiger partial charge in [-0.3, -0.25) is 4.79 Å². The predicted octanol–water partition coefficient (Wildman–Crippen LogP) is 5.37. The van der Waals surface area contributed by atoms with E-state index in [9.17, 15) is 13.2 Å². The summed E-state index contributed by atoms with van der Waals surface area (Å²) in [6.45, 7) is 6.56. The van der Waals surface area contributed by atoms with E-state index in [1.165, 1.54) is 4.31 Å². The number of nitrogens with zero attached hydrogens (tertiary/aromatic N) is 1. The second-order valence-corrected chi connectivity index (χ2v) is 12.2. The maximum absolute atomic E-state index is 13.4.